The third-order valence-corrected chi connectivity index (χ3v) is 4.62. The topological polar surface area (TPSA) is 101 Å². The third kappa shape index (κ3) is 5.45. The molecule has 0 saturated carbocycles. The molecule has 1 amide bonds. The molecule has 8 heteroatoms. The highest BCUT2D eigenvalue weighted by atomic mass is 16.6. The van der Waals surface area contributed by atoms with E-state index < -0.39 is 17.6 Å². The Morgan fingerprint density at radius 1 is 1.39 bits per heavy atom. The van der Waals surface area contributed by atoms with Crippen molar-refractivity contribution in [1.29, 1.82) is 0 Å². The van der Waals surface area contributed by atoms with Crippen LogP contribution < -0.4 is 5.32 Å². The van der Waals surface area contributed by atoms with E-state index in [1.807, 2.05) is 0 Å². The van der Waals surface area contributed by atoms with Crippen LogP contribution in [0.4, 0.5) is 10.6 Å². The van der Waals surface area contributed by atoms with Crippen LogP contribution in [0.15, 0.2) is 29.8 Å². The summed E-state index contributed by atoms with van der Waals surface area (Å²) in [6, 6.07) is 3.22. The Kier molecular flexibility index (Phi) is 8.25. The molecule has 1 aliphatic heterocycles. The summed E-state index contributed by atoms with van der Waals surface area (Å²) in [6.45, 7) is 4.72. The maximum absolute atomic E-state index is 12.7. The largest absolute Gasteiger partial charge is 0.503 e. The number of pyridine rings is 1. The lowest BCUT2D eigenvalue weighted by Gasteiger charge is -2.26. The molecule has 0 aliphatic carbocycles. The second kappa shape index (κ2) is 10.7. The van der Waals surface area contributed by atoms with Crippen molar-refractivity contribution in [2.45, 2.75) is 45.6 Å². The van der Waals surface area contributed by atoms with E-state index in [1.54, 1.807) is 33.0 Å². The highest BCUT2D eigenvalue weighted by Crippen LogP contribution is 2.22. The maximum atomic E-state index is 12.7. The number of carbonyl (C=O) groups is 2. The Labute approximate surface area is 165 Å². The molecule has 154 valence electrons. The number of amides is 1. The molecule has 2 N–H and O–H groups in total. The lowest BCUT2D eigenvalue weighted by Crippen LogP contribution is -2.35. The van der Waals surface area contributed by atoms with Crippen molar-refractivity contribution in [3.63, 3.8) is 0 Å². The quantitative estimate of drug-likeness (QED) is 0.377. The summed E-state index contributed by atoms with van der Waals surface area (Å²) in [5, 5.41) is 13.5. The molecule has 0 aromatic carbocycles. The molecule has 28 heavy (non-hydrogen) atoms. The van der Waals surface area contributed by atoms with Gasteiger partial charge in [0.1, 0.15) is 5.82 Å². The number of hydrogen-bond acceptors (Lipinski definition) is 7. The highest BCUT2D eigenvalue weighted by Gasteiger charge is 2.27. The van der Waals surface area contributed by atoms with Crippen LogP contribution in [-0.2, 0) is 9.47 Å². The van der Waals surface area contributed by atoms with Crippen molar-refractivity contribution >= 4 is 17.7 Å². The number of allylic oxidation sites excluding steroid dienone is 2. The van der Waals surface area contributed by atoms with Gasteiger partial charge in [-0.2, -0.15) is 0 Å². The molecule has 0 spiro atoms. The van der Waals surface area contributed by atoms with Crippen molar-refractivity contribution in [3.8, 4) is 0 Å². The van der Waals surface area contributed by atoms with Gasteiger partial charge in [0.05, 0.1) is 18.4 Å². The number of aromatic nitrogens is 1. The highest BCUT2D eigenvalue weighted by molar-refractivity contribution is 6.07. The number of hydrogen-bond donors (Lipinski definition) is 2. The minimum Gasteiger partial charge on any atom is -0.503 e. The zero-order valence-electron chi connectivity index (χ0n) is 16.7. The van der Waals surface area contributed by atoms with Gasteiger partial charge in [-0.05, 0) is 44.7 Å². The summed E-state index contributed by atoms with van der Waals surface area (Å²) >= 11 is 0. The number of carbonyl (C=O) groups excluding carboxylic acids is 2. The van der Waals surface area contributed by atoms with E-state index in [2.05, 4.69) is 10.3 Å². The standard InChI is InChI=1S/C20H29N3O5/c1-4-16(19(25)18(24)14-8-9-17(21-3)22-13-14)23(20(26)27-5-2)11-10-15-7-6-12-28-15/h8-9,13,15,25H,4-7,10-12H2,1-3H3,(H,21,22)/b19-16+. The first kappa shape index (κ1) is 21.7. The molecular weight excluding hydrogens is 362 g/mol. The molecule has 1 atom stereocenters. The Morgan fingerprint density at radius 3 is 2.71 bits per heavy atom. The summed E-state index contributed by atoms with van der Waals surface area (Å²) in [6.07, 6.45) is 3.73. The van der Waals surface area contributed by atoms with Crippen molar-refractivity contribution in [2.24, 2.45) is 0 Å². The second-order valence-corrected chi connectivity index (χ2v) is 6.43. The van der Waals surface area contributed by atoms with Crippen LogP contribution in [0.1, 0.15) is 49.9 Å². The molecule has 1 aliphatic rings. The van der Waals surface area contributed by atoms with Crippen molar-refractivity contribution in [3.05, 3.63) is 35.3 Å². The summed E-state index contributed by atoms with van der Waals surface area (Å²) < 4.78 is 10.8. The summed E-state index contributed by atoms with van der Waals surface area (Å²) in [7, 11) is 1.72. The first-order valence-electron chi connectivity index (χ1n) is 9.68. The molecule has 8 nitrogen and oxygen atoms in total. The Balaban J connectivity index is 2.25. The fraction of sp³-hybridized carbons (Fsp3) is 0.550. The number of ether oxygens (including phenoxy) is 2. The molecule has 1 unspecified atom stereocenters. The van der Waals surface area contributed by atoms with Crippen LogP contribution >= 0.6 is 0 Å². The minimum absolute atomic E-state index is 0.0752. The summed E-state index contributed by atoms with van der Waals surface area (Å²) in [4.78, 5) is 30.6. The van der Waals surface area contributed by atoms with Crippen LogP contribution in [0.5, 0.6) is 0 Å². The average molecular weight is 391 g/mol. The molecule has 1 aromatic heterocycles. The number of Topliss-reactive ketones (excluding diaryl/α,β-unsaturated/α-hetero) is 1. The van der Waals surface area contributed by atoms with Gasteiger partial charge < -0.3 is 19.9 Å². The molecule has 0 bridgehead atoms. The Morgan fingerprint density at radius 2 is 2.18 bits per heavy atom. The molecule has 1 saturated heterocycles. The van der Waals surface area contributed by atoms with Crippen LogP contribution in [0.2, 0.25) is 0 Å². The predicted molar refractivity (Wildman–Crippen MR) is 105 cm³/mol. The average Bonchev–Trinajstić information content (AvgIpc) is 3.24. The Hall–Kier alpha value is -2.61. The van der Waals surface area contributed by atoms with E-state index in [1.165, 1.54) is 11.1 Å². The van der Waals surface area contributed by atoms with Crippen LogP contribution in [0.3, 0.4) is 0 Å². The number of ketones is 1. The number of aliphatic hydroxyl groups excluding tert-OH is 1. The van der Waals surface area contributed by atoms with Crippen molar-refractivity contribution in [2.75, 3.05) is 32.1 Å². The van der Waals surface area contributed by atoms with Crippen LogP contribution in [0.25, 0.3) is 0 Å². The first-order chi connectivity index (χ1) is 13.5. The summed E-state index contributed by atoms with van der Waals surface area (Å²) in [5.41, 5.74) is 0.476. The maximum Gasteiger partial charge on any atom is 0.414 e. The Bertz CT molecular complexity index is 696. The van der Waals surface area contributed by atoms with E-state index >= 15 is 0 Å². The molecule has 1 fully saturated rings. The first-order valence-corrected chi connectivity index (χ1v) is 9.68. The third-order valence-electron chi connectivity index (χ3n) is 4.62. The lowest BCUT2D eigenvalue weighted by atomic mass is 10.1. The molecular formula is C20H29N3O5. The smallest absolute Gasteiger partial charge is 0.414 e. The van der Waals surface area contributed by atoms with Gasteiger partial charge >= 0.3 is 6.09 Å². The normalized spacial score (nSPS) is 17.0. The SMILES string of the molecule is CCOC(=O)N(CCC1CCCO1)/C(CC)=C(/O)C(=O)c1ccc(NC)nc1. The van der Waals surface area contributed by atoms with Gasteiger partial charge in [-0.25, -0.2) is 9.78 Å². The van der Waals surface area contributed by atoms with Gasteiger partial charge in [-0.3, -0.25) is 9.69 Å². The molecule has 0 radical (unpaired) electrons. The monoisotopic (exact) mass is 391 g/mol. The van der Waals surface area contributed by atoms with Gasteiger partial charge in [-0.1, -0.05) is 6.92 Å². The number of aliphatic hydroxyl groups is 1. The van der Waals surface area contributed by atoms with E-state index in [0.717, 1.165) is 19.4 Å². The van der Waals surface area contributed by atoms with Gasteiger partial charge in [0.25, 0.3) is 0 Å². The fourth-order valence-electron chi connectivity index (χ4n) is 3.11. The lowest BCUT2D eigenvalue weighted by molar-refractivity contribution is 0.0833. The number of nitrogens with one attached hydrogen (secondary N) is 1. The van der Waals surface area contributed by atoms with Crippen LogP contribution in [-0.4, -0.2) is 59.8 Å². The number of nitrogens with zero attached hydrogens (tertiary/aromatic N) is 2. The van der Waals surface area contributed by atoms with Gasteiger partial charge in [0.2, 0.25) is 5.78 Å². The molecule has 1 aromatic rings. The van der Waals surface area contributed by atoms with Gasteiger partial charge in [0, 0.05) is 32.0 Å². The predicted octanol–water partition coefficient (Wildman–Crippen LogP) is 3.51. The van der Waals surface area contributed by atoms with Crippen molar-refractivity contribution in [1.82, 2.24) is 9.88 Å². The van der Waals surface area contributed by atoms with Gasteiger partial charge in [0.15, 0.2) is 5.76 Å². The van der Waals surface area contributed by atoms with E-state index in [0.29, 0.717) is 25.2 Å². The fourth-order valence-corrected chi connectivity index (χ4v) is 3.11. The molecule has 2 rings (SSSR count). The van der Waals surface area contributed by atoms with E-state index in [-0.39, 0.29) is 24.0 Å². The van der Waals surface area contributed by atoms with Crippen molar-refractivity contribution < 1.29 is 24.2 Å². The van der Waals surface area contributed by atoms with Crippen LogP contribution in [0, 0.1) is 0 Å². The van der Waals surface area contributed by atoms with E-state index in [9.17, 15) is 14.7 Å². The molecule has 2 heterocycles. The van der Waals surface area contributed by atoms with E-state index in [4.69, 9.17) is 9.47 Å². The summed E-state index contributed by atoms with van der Waals surface area (Å²) in [5.74, 6) is -0.444. The number of anilines is 1. The zero-order valence-corrected chi connectivity index (χ0v) is 16.7. The second-order valence-electron chi connectivity index (χ2n) is 6.43. The van der Waals surface area contributed by atoms with Gasteiger partial charge in [-0.15, -0.1) is 0 Å². The zero-order chi connectivity index (χ0) is 20.5. The minimum atomic E-state index is -0.585. The number of rotatable bonds is 9.